The molecule has 5 nitrogen and oxygen atoms in total. The molecule has 0 rings (SSSR count). The lowest BCUT2D eigenvalue weighted by atomic mass is 10.1. The fourth-order valence-electron chi connectivity index (χ4n) is 3.32. The van der Waals surface area contributed by atoms with E-state index >= 15 is 0 Å². The number of rotatable bonds is 20. The van der Waals surface area contributed by atoms with Crippen molar-refractivity contribution < 1.29 is 8.42 Å². The van der Waals surface area contributed by atoms with E-state index in [-0.39, 0.29) is 5.75 Å². The number of sulfonamides is 1. The van der Waals surface area contributed by atoms with E-state index in [1.165, 1.54) is 25.7 Å². The minimum Gasteiger partial charge on any atom is -0.212 e. The number of nitriles is 2. The average Bonchev–Trinajstić information content (AvgIpc) is 2.69. The van der Waals surface area contributed by atoms with Crippen LogP contribution in [0.5, 0.6) is 0 Å². The molecule has 0 aromatic heterocycles. The highest BCUT2D eigenvalue weighted by atomic mass is 32.2. The molecule has 0 amide bonds. The predicted octanol–water partition coefficient (Wildman–Crippen LogP) is 5.93. The van der Waals surface area contributed by atoms with E-state index in [0.717, 1.165) is 64.2 Å². The standard InChI is InChI=1S/C22H41N3O2S/c1-2-28(26,27)25(21-17-13-9-5-3-7-11-15-19-23)22-18-14-10-6-4-8-12-16-20-24/h2-18,21-22H2,1H3. The summed E-state index contributed by atoms with van der Waals surface area (Å²) in [6, 6.07) is 4.35. The summed E-state index contributed by atoms with van der Waals surface area (Å²) in [5.41, 5.74) is 0. The average molecular weight is 412 g/mol. The summed E-state index contributed by atoms with van der Waals surface area (Å²) in [5, 5.41) is 17.0. The van der Waals surface area contributed by atoms with Gasteiger partial charge in [-0.1, -0.05) is 64.2 Å². The van der Waals surface area contributed by atoms with Crippen LogP contribution in [-0.4, -0.2) is 31.6 Å². The third-order valence-electron chi connectivity index (χ3n) is 5.15. The van der Waals surface area contributed by atoms with Crippen LogP contribution in [0.3, 0.4) is 0 Å². The van der Waals surface area contributed by atoms with Gasteiger partial charge in [0.2, 0.25) is 10.0 Å². The Morgan fingerprint density at radius 2 is 0.929 bits per heavy atom. The first kappa shape index (κ1) is 26.9. The first-order valence-corrected chi connectivity index (χ1v) is 12.9. The second-order valence-electron chi connectivity index (χ2n) is 7.57. The number of nitrogens with zero attached hydrogens (tertiary/aromatic N) is 3. The summed E-state index contributed by atoms with van der Waals surface area (Å²) in [6.45, 7) is 3.03. The maximum absolute atomic E-state index is 12.3. The highest BCUT2D eigenvalue weighted by Gasteiger charge is 2.18. The zero-order valence-corrected chi connectivity index (χ0v) is 18.8. The molecule has 162 valence electrons. The van der Waals surface area contributed by atoms with Crippen LogP contribution in [0.4, 0.5) is 0 Å². The van der Waals surface area contributed by atoms with E-state index in [2.05, 4.69) is 12.1 Å². The van der Waals surface area contributed by atoms with Gasteiger partial charge in [-0.05, 0) is 32.6 Å². The van der Waals surface area contributed by atoms with Gasteiger partial charge in [0.15, 0.2) is 0 Å². The van der Waals surface area contributed by atoms with Gasteiger partial charge < -0.3 is 0 Å². The molecule has 28 heavy (non-hydrogen) atoms. The van der Waals surface area contributed by atoms with Crippen molar-refractivity contribution in [2.75, 3.05) is 18.8 Å². The molecule has 0 bridgehead atoms. The number of hydrogen-bond donors (Lipinski definition) is 0. The summed E-state index contributed by atoms with van der Waals surface area (Å²) < 4.78 is 26.3. The Hall–Kier alpha value is -1.11. The third kappa shape index (κ3) is 15.9. The van der Waals surface area contributed by atoms with Crippen LogP contribution >= 0.6 is 0 Å². The molecule has 0 saturated heterocycles. The van der Waals surface area contributed by atoms with Crippen LogP contribution in [0.2, 0.25) is 0 Å². The Labute approximate surface area is 174 Å². The molecule has 0 fully saturated rings. The maximum atomic E-state index is 12.3. The van der Waals surface area contributed by atoms with E-state index in [1.54, 1.807) is 11.2 Å². The Kier molecular flexibility index (Phi) is 18.5. The summed E-state index contributed by atoms with van der Waals surface area (Å²) in [5.74, 6) is 0.185. The summed E-state index contributed by atoms with van der Waals surface area (Å²) in [6.07, 6.45) is 16.6. The topological polar surface area (TPSA) is 85.0 Å². The SMILES string of the molecule is CCS(=O)(=O)N(CCCCCCCCCC#N)CCCCCCCCCC#N. The Morgan fingerprint density at radius 3 is 1.25 bits per heavy atom. The van der Waals surface area contributed by atoms with Crippen LogP contribution in [0, 0.1) is 22.7 Å². The molecular weight excluding hydrogens is 370 g/mol. The molecule has 0 aromatic carbocycles. The minimum atomic E-state index is -3.10. The Balaban J connectivity index is 3.85. The van der Waals surface area contributed by atoms with E-state index < -0.39 is 10.0 Å². The van der Waals surface area contributed by atoms with E-state index in [1.807, 2.05) is 0 Å². The van der Waals surface area contributed by atoms with Crippen LogP contribution in [0.1, 0.15) is 110 Å². The van der Waals surface area contributed by atoms with Crippen molar-refractivity contribution >= 4 is 10.0 Å². The van der Waals surface area contributed by atoms with Gasteiger partial charge in [0, 0.05) is 25.9 Å². The van der Waals surface area contributed by atoms with Gasteiger partial charge in [0.05, 0.1) is 17.9 Å². The fourth-order valence-corrected chi connectivity index (χ4v) is 4.50. The molecular formula is C22H41N3O2S. The molecule has 0 saturated carbocycles. The van der Waals surface area contributed by atoms with Crippen molar-refractivity contribution in [1.82, 2.24) is 4.31 Å². The first-order chi connectivity index (χ1) is 13.6. The quantitative estimate of drug-likeness (QED) is 0.232. The molecule has 0 atom stereocenters. The first-order valence-electron chi connectivity index (χ1n) is 11.3. The van der Waals surface area contributed by atoms with E-state index in [0.29, 0.717) is 25.9 Å². The van der Waals surface area contributed by atoms with Crippen molar-refractivity contribution in [2.45, 2.75) is 110 Å². The highest BCUT2D eigenvalue weighted by molar-refractivity contribution is 7.89. The normalized spacial score (nSPS) is 11.4. The van der Waals surface area contributed by atoms with Gasteiger partial charge in [-0.25, -0.2) is 12.7 Å². The molecule has 0 aliphatic rings. The molecule has 6 heteroatoms. The monoisotopic (exact) mass is 411 g/mol. The third-order valence-corrected chi connectivity index (χ3v) is 7.03. The van der Waals surface area contributed by atoms with E-state index in [9.17, 15) is 8.42 Å². The molecule has 0 aliphatic heterocycles. The van der Waals surface area contributed by atoms with Crippen LogP contribution in [-0.2, 0) is 10.0 Å². The van der Waals surface area contributed by atoms with Crippen LogP contribution in [0.25, 0.3) is 0 Å². The molecule has 0 N–H and O–H groups in total. The van der Waals surface area contributed by atoms with Gasteiger partial charge in [-0.3, -0.25) is 0 Å². The number of hydrogen-bond acceptors (Lipinski definition) is 4. The molecule has 0 aliphatic carbocycles. The Morgan fingerprint density at radius 1 is 0.607 bits per heavy atom. The van der Waals surface area contributed by atoms with Crippen molar-refractivity contribution in [2.24, 2.45) is 0 Å². The van der Waals surface area contributed by atoms with E-state index in [4.69, 9.17) is 10.5 Å². The lowest BCUT2D eigenvalue weighted by Gasteiger charge is -2.21. The zero-order chi connectivity index (χ0) is 20.9. The lowest BCUT2D eigenvalue weighted by Crippen LogP contribution is -2.34. The molecule has 0 heterocycles. The number of unbranched alkanes of at least 4 members (excludes halogenated alkanes) is 14. The zero-order valence-electron chi connectivity index (χ0n) is 18.0. The smallest absolute Gasteiger partial charge is 0.212 e. The highest BCUT2D eigenvalue weighted by Crippen LogP contribution is 2.13. The van der Waals surface area contributed by atoms with Crippen molar-refractivity contribution in [3.05, 3.63) is 0 Å². The second-order valence-corrected chi connectivity index (χ2v) is 9.82. The predicted molar refractivity (Wildman–Crippen MR) is 116 cm³/mol. The van der Waals surface area contributed by atoms with Gasteiger partial charge in [0.1, 0.15) is 0 Å². The lowest BCUT2D eigenvalue weighted by molar-refractivity contribution is 0.384. The van der Waals surface area contributed by atoms with Gasteiger partial charge in [0.25, 0.3) is 0 Å². The molecule has 0 radical (unpaired) electrons. The van der Waals surface area contributed by atoms with Crippen LogP contribution in [0.15, 0.2) is 0 Å². The van der Waals surface area contributed by atoms with Crippen molar-refractivity contribution in [3.8, 4) is 12.1 Å². The summed E-state index contributed by atoms with van der Waals surface area (Å²) in [4.78, 5) is 0. The minimum absolute atomic E-state index is 0.185. The maximum Gasteiger partial charge on any atom is 0.213 e. The second kappa shape index (κ2) is 19.2. The molecule has 0 aromatic rings. The largest absolute Gasteiger partial charge is 0.213 e. The summed E-state index contributed by atoms with van der Waals surface area (Å²) in [7, 11) is -3.10. The van der Waals surface area contributed by atoms with Crippen LogP contribution < -0.4 is 0 Å². The molecule has 0 unspecified atom stereocenters. The Bertz CT molecular complexity index is 503. The molecule has 0 spiro atoms. The summed E-state index contributed by atoms with van der Waals surface area (Å²) >= 11 is 0. The van der Waals surface area contributed by atoms with Gasteiger partial charge in [-0.2, -0.15) is 10.5 Å². The fraction of sp³-hybridized carbons (Fsp3) is 0.909. The van der Waals surface area contributed by atoms with Gasteiger partial charge in [-0.15, -0.1) is 0 Å². The van der Waals surface area contributed by atoms with Crippen molar-refractivity contribution in [1.29, 1.82) is 10.5 Å². The van der Waals surface area contributed by atoms with Gasteiger partial charge >= 0.3 is 0 Å². The van der Waals surface area contributed by atoms with Crippen molar-refractivity contribution in [3.63, 3.8) is 0 Å².